The first kappa shape index (κ1) is 10.4. The highest BCUT2D eigenvalue weighted by atomic mass is 32.1. The summed E-state index contributed by atoms with van der Waals surface area (Å²) in [5.41, 5.74) is -0.124. The molecular formula is C8H15N3OS. The van der Waals surface area contributed by atoms with Crippen LogP contribution in [0.15, 0.2) is 0 Å². The molecule has 5 heteroatoms. The quantitative estimate of drug-likeness (QED) is 0.773. The number of rotatable bonds is 4. The summed E-state index contributed by atoms with van der Waals surface area (Å²) in [6.45, 7) is 6.10. The summed E-state index contributed by atoms with van der Waals surface area (Å²) in [7, 11) is 0. The van der Waals surface area contributed by atoms with Crippen LogP contribution in [0.2, 0.25) is 0 Å². The molecule has 0 aliphatic carbocycles. The van der Waals surface area contributed by atoms with Crippen LogP contribution in [0.1, 0.15) is 26.1 Å². The number of aliphatic hydroxyl groups is 1. The predicted molar refractivity (Wildman–Crippen MR) is 54.1 cm³/mol. The van der Waals surface area contributed by atoms with E-state index < -0.39 is 0 Å². The van der Waals surface area contributed by atoms with Gasteiger partial charge in [0.15, 0.2) is 0 Å². The van der Waals surface area contributed by atoms with Crippen molar-refractivity contribution in [3.05, 3.63) is 5.82 Å². The van der Waals surface area contributed by atoms with E-state index in [4.69, 9.17) is 5.11 Å². The van der Waals surface area contributed by atoms with Gasteiger partial charge in [0.2, 0.25) is 5.13 Å². The van der Waals surface area contributed by atoms with Crippen LogP contribution in [0.3, 0.4) is 0 Å². The highest BCUT2D eigenvalue weighted by Crippen LogP contribution is 2.19. The number of aliphatic hydroxyl groups excluding tert-OH is 1. The standard InChI is InChI=1S/C8H15N3OS/c1-6-9-7(13-11-6)10-8(2,3)4-5-12/h12H,4-5H2,1-3H3,(H,9,10,11). The van der Waals surface area contributed by atoms with Crippen molar-refractivity contribution >= 4 is 16.7 Å². The smallest absolute Gasteiger partial charge is 0.202 e. The second-order valence-corrected chi connectivity index (χ2v) is 4.38. The fraction of sp³-hybridized carbons (Fsp3) is 0.750. The minimum atomic E-state index is -0.124. The predicted octanol–water partition coefficient (Wildman–Crippen LogP) is 1.42. The summed E-state index contributed by atoms with van der Waals surface area (Å²) < 4.78 is 4.07. The van der Waals surface area contributed by atoms with E-state index in [1.54, 1.807) is 0 Å². The van der Waals surface area contributed by atoms with Gasteiger partial charge in [-0.05, 0) is 27.2 Å². The van der Waals surface area contributed by atoms with Crippen molar-refractivity contribution in [1.82, 2.24) is 9.36 Å². The molecule has 4 nitrogen and oxygen atoms in total. The Morgan fingerprint density at radius 1 is 1.54 bits per heavy atom. The highest BCUT2D eigenvalue weighted by Gasteiger charge is 2.17. The van der Waals surface area contributed by atoms with Crippen LogP contribution < -0.4 is 5.32 Å². The molecule has 0 saturated carbocycles. The lowest BCUT2D eigenvalue weighted by molar-refractivity contribution is 0.261. The zero-order valence-corrected chi connectivity index (χ0v) is 8.98. The largest absolute Gasteiger partial charge is 0.396 e. The monoisotopic (exact) mass is 201 g/mol. The molecule has 0 aliphatic rings. The zero-order valence-electron chi connectivity index (χ0n) is 8.16. The molecule has 1 rings (SSSR count). The first-order valence-electron chi connectivity index (χ1n) is 4.23. The van der Waals surface area contributed by atoms with Crippen LogP contribution in [0.25, 0.3) is 0 Å². The molecule has 0 aromatic carbocycles. The molecule has 0 aliphatic heterocycles. The van der Waals surface area contributed by atoms with Crippen molar-refractivity contribution in [2.45, 2.75) is 32.7 Å². The summed E-state index contributed by atoms with van der Waals surface area (Å²) >= 11 is 1.35. The molecule has 1 aromatic rings. The minimum absolute atomic E-state index is 0.124. The van der Waals surface area contributed by atoms with Gasteiger partial charge in [0, 0.05) is 23.7 Å². The van der Waals surface area contributed by atoms with Crippen molar-refractivity contribution in [3.63, 3.8) is 0 Å². The third kappa shape index (κ3) is 3.28. The van der Waals surface area contributed by atoms with Gasteiger partial charge < -0.3 is 10.4 Å². The molecule has 0 spiro atoms. The Hall–Kier alpha value is -0.680. The van der Waals surface area contributed by atoms with Crippen molar-refractivity contribution < 1.29 is 5.11 Å². The third-order valence-electron chi connectivity index (χ3n) is 1.71. The molecule has 0 amide bonds. The maximum absolute atomic E-state index is 8.81. The van der Waals surface area contributed by atoms with Gasteiger partial charge in [-0.1, -0.05) is 0 Å². The summed E-state index contributed by atoms with van der Waals surface area (Å²) in [6, 6.07) is 0. The normalized spacial score (nSPS) is 11.7. The maximum Gasteiger partial charge on any atom is 0.202 e. The first-order chi connectivity index (χ1) is 6.03. The third-order valence-corrected chi connectivity index (χ3v) is 2.43. The lowest BCUT2D eigenvalue weighted by Gasteiger charge is -2.24. The molecule has 13 heavy (non-hydrogen) atoms. The highest BCUT2D eigenvalue weighted by molar-refractivity contribution is 7.09. The van der Waals surface area contributed by atoms with Crippen molar-refractivity contribution in [3.8, 4) is 0 Å². The van der Waals surface area contributed by atoms with Crippen molar-refractivity contribution in [1.29, 1.82) is 0 Å². The van der Waals surface area contributed by atoms with Crippen LogP contribution in [-0.4, -0.2) is 26.6 Å². The number of anilines is 1. The van der Waals surface area contributed by atoms with Gasteiger partial charge in [0.05, 0.1) is 0 Å². The van der Waals surface area contributed by atoms with E-state index in [9.17, 15) is 0 Å². The lowest BCUT2D eigenvalue weighted by Crippen LogP contribution is -2.31. The summed E-state index contributed by atoms with van der Waals surface area (Å²) in [5, 5.41) is 12.9. The van der Waals surface area contributed by atoms with Gasteiger partial charge >= 0.3 is 0 Å². The number of aryl methyl sites for hydroxylation is 1. The average molecular weight is 201 g/mol. The van der Waals surface area contributed by atoms with Crippen LogP contribution in [0, 0.1) is 6.92 Å². The number of nitrogens with one attached hydrogen (secondary N) is 1. The molecule has 74 valence electrons. The lowest BCUT2D eigenvalue weighted by atomic mass is 10.0. The second-order valence-electron chi connectivity index (χ2n) is 3.63. The molecule has 1 aromatic heterocycles. The Kier molecular flexibility index (Phi) is 3.22. The van der Waals surface area contributed by atoms with Gasteiger partial charge in [-0.3, -0.25) is 0 Å². The second kappa shape index (κ2) is 4.02. The SMILES string of the molecule is Cc1nsc(NC(C)(C)CCO)n1. The molecular weight excluding hydrogens is 186 g/mol. The molecule has 2 N–H and O–H groups in total. The van der Waals surface area contributed by atoms with E-state index in [1.165, 1.54) is 11.5 Å². The van der Waals surface area contributed by atoms with E-state index in [2.05, 4.69) is 14.7 Å². The molecule has 0 atom stereocenters. The van der Waals surface area contributed by atoms with Crippen LogP contribution in [-0.2, 0) is 0 Å². The Morgan fingerprint density at radius 2 is 2.23 bits per heavy atom. The summed E-state index contributed by atoms with van der Waals surface area (Å²) in [6.07, 6.45) is 0.700. The summed E-state index contributed by atoms with van der Waals surface area (Å²) in [5.74, 6) is 0.785. The van der Waals surface area contributed by atoms with E-state index in [0.717, 1.165) is 11.0 Å². The van der Waals surface area contributed by atoms with E-state index >= 15 is 0 Å². The first-order valence-corrected chi connectivity index (χ1v) is 5.00. The molecule has 0 radical (unpaired) electrons. The van der Waals surface area contributed by atoms with E-state index in [1.807, 2.05) is 20.8 Å². The zero-order chi connectivity index (χ0) is 9.90. The van der Waals surface area contributed by atoms with Gasteiger partial charge in [-0.2, -0.15) is 4.37 Å². The number of nitrogens with zero attached hydrogens (tertiary/aromatic N) is 2. The van der Waals surface area contributed by atoms with Crippen molar-refractivity contribution in [2.24, 2.45) is 0 Å². The van der Waals surface area contributed by atoms with Crippen LogP contribution >= 0.6 is 11.5 Å². The van der Waals surface area contributed by atoms with E-state index in [0.29, 0.717) is 6.42 Å². The van der Waals surface area contributed by atoms with Gasteiger partial charge in [-0.25, -0.2) is 4.98 Å². The Balaban J connectivity index is 2.57. The molecule has 1 heterocycles. The van der Waals surface area contributed by atoms with Crippen LogP contribution in [0.5, 0.6) is 0 Å². The van der Waals surface area contributed by atoms with Crippen molar-refractivity contribution in [2.75, 3.05) is 11.9 Å². The van der Waals surface area contributed by atoms with E-state index in [-0.39, 0.29) is 12.1 Å². The fourth-order valence-corrected chi connectivity index (χ4v) is 1.73. The van der Waals surface area contributed by atoms with Gasteiger partial charge in [0.1, 0.15) is 5.82 Å². The number of hydrogen-bond donors (Lipinski definition) is 2. The fourth-order valence-electron chi connectivity index (χ4n) is 0.979. The van der Waals surface area contributed by atoms with Crippen LogP contribution in [0.4, 0.5) is 5.13 Å². The molecule has 0 unspecified atom stereocenters. The number of hydrogen-bond acceptors (Lipinski definition) is 5. The molecule has 0 fully saturated rings. The Bertz CT molecular complexity index is 272. The topological polar surface area (TPSA) is 58.0 Å². The minimum Gasteiger partial charge on any atom is -0.396 e. The average Bonchev–Trinajstić information content (AvgIpc) is 2.34. The molecule has 0 saturated heterocycles. The Morgan fingerprint density at radius 3 is 2.69 bits per heavy atom. The van der Waals surface area contributed by atoms with Gasteiger partial charge in [-0.15, -0.1) is 0 Å². The Labute approximate surface area is 82.2 Å². The summed E-state index contributed by atoms with van der Waals surface area (Å²) in [4.78, 5) is 4.19. The van der Waals surface area contributed by atoms with Gasteiger partial charge in [0.25, 0.3) is 0 Å². The maximum atomic E-state index is 8.81. The number of aromatic nitrogens is 2. The molecule has 0 bridgehead atoms.